The number of hydrogen-bond donors (Lipinski definition) is 1. The largest absolute Gasteiger partial charge is 0.368 e. The van der Waals surface area contributed by atoms with Crippen LogP contribution in [0.3, 0.4) is 0 Å². The van der Waals surface area contributed by atoms with E-state index in [9.17, 15) is 0 Å². The summed E-state index contributed by atoms with van der Waals surface area (Å²) in [5, 5.41) is 5.55. The second-order valence-corrected chi connectivity index (χ2v) is 4.78. The summed E-state index contributed by atoms with van der Waals surface area (Å²) < 4.78 is 0. The third kappa shape index (κ3) is 4.88. The molecule has 0 aromatic heterocycles. The Morgan fingerprint density at radius 1 is 0.565 bits per heavy atom. The summed E-state index contributed by atoms with van der Waals surface area (Å²) in [4.78, 5) is 0. The van der Waals surface area contributed by atoms with Gasteiger partial charge in [0, 0.05) is 12.4 Å². The molecule has 0 fully saturated rings. The van der Waals surface area contributed by atoms with E-state index in [1.54, 1.807) is 0 Å². The molecule has 3 aliphatic rings. The molecule has 1 heterocycles. The van der Waals surface area contributed by atoms with Crippen molar-refractivity contribution >= 4 is 35.6 Å². The number of rotatable bonds is 0. The average Bonchev–Trinajstić information content (AvgIpc) is 2.74. The number of benzene rings is 1. The molecular weight excluding hydrogens is 325 g/mol. The third-order valence-electron chi connectivity index (χ3n) is 3.37. The van der Waals surface area contributed by atoms with Crippen molar-refractivity contribution in [1.82, 2.24) is 5.32 Å². The molecule has 1 aliphatic heterocycles. The average molecular weight is 344 g/mol. The fourth-order valence-electron chi connectivity index (χ4n) is 2.37. The molecule has 1 nitrogen and oxygen atoms in total. The van der Waals surface area contributed by atoms with E-state index in [1.165, 1.54) is 21.9 Å². The standard InChI is InChI=1S/C14H10.C6H7N.2ClH/c1-2-9-13-11(5-1)6-3-7-12-8-4-10-14(12)13;1-2-4-6-7-5-3-1;;/h1-10H;1-7H;2*1H. The highest BCUT2D eigenvalue weighted by Crippen LogP contribution is 2.29. The Labute approximate surface area is 149 Å². The van der Waals surface area contributed by atoms with Crippen molar-refractivity contribution in [1.29, 1.82) is 0 Å². The minimum Gasteiger partial charge on any atom is -0.368 e. The van der Waals surface area contributed by atoms with E-state index in [-0.39, 0.29) is 24.8 Å². The maximum atomic E-state index is 2.92. The van der Waals surface area contributed by atoms with Gasteiger partial charge >= 0.3 is 0 Å². The van der Waals surface area contributed by atoms with Gasteiger partial charge < -0.3 is 5.32 Å². The first-order valence-electron chi connectivity index (χ1n) is 7.06. The molecule has 0 atom stereocenters. The van der Waals surface area contributed by atoms with Crippen LogP contribution in [0.1, 0.15) is 0 Å². The van der Waals surface area contributed by atoms with Crippen LogP contribution < -0.4 is 5.32 Å². The minimum absolute atomic E-state index is 0. The summed E-state index contributed by atoms with van der Waals surface area (Å²) >= 11 is 0. The van der Waals surface area contributed by atoms with Crippen LogP contribution in [0.25, 0.3) is 21.9 Å². The van der Waals surface area contributed by atoms with Crippen molar-refractivity contribution in [3.63, 3.8) is 0 Å². The van der Waals surface area contributed by atoms with Crippen LogP contribution in [0.2, 0.25) is 0 Å². The summed E-state index contributed by atoms with van der Waals surface area (Å²) in [6.45, 7) is 0. The van der Waals surface area contributed by atoms with Crippen molar-refractivity contribution in [2.75, 3.05) is 0 Å². The van der Waals surface area contributed by atoms with Crippen molar-refractivity contribution in [3.05, 3.63) is 97.4 Å². The van der Waals surface area contributed by atoms with Gasteiger partial charge in [0.25, 0.3) is 0 Å². The molecule has 3 heteroatoms. The van der Waals surface area contributed by atoms with Gasteiger partial charge in [0.15, 0.2) is 0 Å². The molecule has 0 saturated heterocycles. The Kier molecular flexibility index (Phi) is 7.96. The van der Waals surface area contributed by atoms with Gasteiger partial charge in [-0.1, -0.05) is 72.8 Å². The topological polar surface area (TPSA) is 12.0 Å². The van der Waals surface area contributed by atoms with Gasteiger partial charge in [0.05, 0.1) is 0 Å². The molecule has 0 bridgehead atoms. The number of hydrogen-bond acceptors (Lipinski definition) is 1. The van der Waals surface area contributed by atoms with E-state index >= 15 is 0 Å². The molecular formula is C20H19Cl2N. The lowest BCUT2D eigenvalue weighted by Gasteiger charge is -1.96. The minimum atomic E-state index is 0. The molecule has 0 saturated carbocycles. The molecule has 4 rings (SSSR count). The zero-order valence-corrected chi connectivity index (χ0v) is 14.2. The summed E-state index contributed by atoms with van der Waals surface area (Å²) in [5.74, 6) is 0. The number of halogens is 2. The van der Waals surface area contributed by atoms with Crippen LogP contribution in [0.5, 0.6) is 0 Å². The van der Waals surface area contributed by atoms with Gasteiger partial charge in [0.1, 0.15) is 0 Å². The van der Waals surface area contributed by atoms with Crippen LogP contribution in [0.4, 0.5) is 0 Å². The van der Waals surface area contributed by atoms with E-state index < -0.39 is 0 Å². The van der Waals surface area contributed by atoms with E-state index in [0.29, 0.717) is 0 Å². The van der Waals surface area contributed by atoms with Gasteiger partial charge in [0.2, 0.25) is 0 Å². The first-order chi connectivity index (χ1) is 10.4. The highest BCUT2D eigenvalue weighted by Gasteiger charge is 2.03. The van der Waals surface area contributed by atoms with Crippen LogP contribution in [-0.4, -0.2) is 0 Å². The van der Waals surface area contributed by atoms with Crippen LogP contribution in [0.15, 0.2) is 97.4 Å². The molecule has 0 spiro atoms. The quantitative estimate of drug-likeness (QED) is 0.530. The molecule has 2 aliphatic carbocycles. The highest BCUT2D eigenvalue weighted by molar-refractivity contribution is 5.96. The van der Waals surface area contributed by atoms with Crippen molar-refractivity contribution in [2.24, 2.45) is 0 Å². The van der Waals surface area contributed by atoms with Crippen LogP contribution in [0, 0.1) is 0 Å². The van der Waals surface area contributed by atoms with Crippen LogP contribution in [-0.2, 0) is 0 Å². The third-order valence-corrected chi connectivity index (χ3v) is 3.37. The zero-order valence-electron chi connectivity index (χ0n) is 12.6. The highest BCUT2D eigenvalue weighted by atomic mass is 35.5. The number of fused-ring (bicyclic) bond motifs is 3. The Balaban J connectivity index is 0.000000255. The zero-order chi connectivity index (χ0) is 14.3. The second kappa shape index (κ2) is 9.73. The molecule has 0 radical (unpaired) electrons. The van der Waals surface area contributed by atoms with Gasteiger partial charge in [-0.15, -0.1) is 24.8 Å². The Morgan fingerprint density at radius 3 is 1.91 bits per heavy atom. The summed E-state index contributed by atoms with van der Waals surface area (Å²) in [6.07, 6.45) is 11.6. The molecule has 1 aromatic rings. The second-order valence-electron chi connectivity index (χ2n) is 4.78. The lowest BCUT2D eigenvalue weighted by molar-refractivity contribution is 1.20. The van der Waals surface area contributed by atoms with Crippen molar-refractivity contribution in [2.45, 2.75) is 0 Å². The Hall–Kier alpha value is -2.22. The van der Waals surface area contributed by atoms with Gasteiger partial charge in [-0.05, 0) is 34.1 Å². The first kappa shape index (κ1) is 18.8. The summed E-state index contributed by atoms with van der Waals surface area (Å²) in [5.41, 5.74) is 2.65. The van der Waals surface area contributed by atoms with Gasteiger partial charge in [-0.2, -0.15) is 0 Å². The van der Waals surface area contributed by atoms with E-state index in [4.69, 9.17) is 0 Å². The SMILES string of the molecule is C1=CC=CNC=C1.Cl.Cl.c1cc2cccc3ccccc3c-2c1. The number of nitrogens with one attached hydrogen (secondary N) is 1. The first-order valence-corrected chi connectivity index (χ1v) is 7.06. The lowest BCUT2D eigenvalue weighted by Crippen LogP contribution is -1.87. The predicted octanol–water partition coefficient (Wildman–Crippen LogP) is 5.96. The summed E-state index contributed by atoms with van der Waals surface area (Å²) in [6, 6.07) is 21.4. The van der Waals surface area contributed by atoms with Gasteiger partial charge in [-0.3, -0.25) is 0 Å². The maximum absolute atomic E-state index is 2.92. The molecule has 1 aromatic carbocycles. The van der Waals surface area contributed by atoms with Crippen LogP contribution >= 0.6 is 24.8 Å². The molecule has 0 amide bonds. The van der Waals surface area contributed by atoms with E-state index in [2.05, 4.69) is 66.0 Å². The maximum Gasteiger partial charge on any atom is 0.000442 e. The molecule has 1 N–H and O–H groups in total. The fraction of sp³-hybridized carbons (Fsp3) is 0. The molecule has 0 unspecified atom stereocenters. The molecule has 118 valence electrons. The molecule has 23 heavy (non-hydrogen) atoms. The van der Waals surface area contributed by atoms with E-state index in [0.717, 1.165) is 0 Å². The number of allylic oxidation sites excluding steroid dienone is 4. The van der Waals surface area contributed by atoms with Crippen molar-refractivity contribution in [3.8, 4) is 11.1 Å². The van der Waals surface area contributed by atoms with E-state index in [1.807, 2.05) is 36.7 Å². The Morgan fingerprint density at radius 2 is 1.17 bits per heavy atom. The Bertz CT molecular complexity index is 776. The normalized spacial score (nSPS) is 11.5. The monoisotopic (exact) mass is 343 g/mol. The van der Waals surface area contributed by atoms with Gasteiger partial charge in [-0.25, -0.2) is 0 Å². The smallest absolute Gasteiger partial charge is 0.000442 e. The predicted molar refractivity (Wildman–Crippen MR) is 106 cm³/mol. The lowest BCUT2D eigenvalue weighted by atomic mass is 10.1. The fourth-order valence-corrected chi connectivity index (χ4v) is 2.37. The van der Waals surface area contributed by atoms with Crippen molar-refractivity contribution < 1.29 is 0 Å². The summed E-state index contributed by atoms with van der Waals surface area (Å²) in [7, 11) is 0.